The van der Waals surface area contributed by atoms with E-state index in [1.807, 2.05) is 48.5 Å². The zero-order valence-electron chi connectivity index (χ0n) is 40.7. The number of carbonyl (C=O) groups excluding carboxylic acids is 4. The number of hydrogen-bond donors (Lipinski definition) is 2. The topological polar surface area (TPSA) is 178 Å². The Balaban J connectivity index is 1.42. The number of rotatable bonds is 16. The zero-order chi connectivity index (χ0) is 48.2. The van der Waals surface area contributed by atoms with Gasteiger partial charge in [-0.05, 0) is 101 Å². The lowest BCUT2D eigenvalue weighted by molar-refractivity contribution is -0.345. The van der Waals surface area contributed by atoms with E-state index in [2.05, 4.69) is 10.2 Å². The summed E-state index contributed by atoms with van der Waals surface area (Å²) >= 11 is 0. The molecule has 1 aromatic rings. The van der Waals surface area contributed by atoms with Gasteiger partial charge in [0.2, 0.25) is 0 Å². The highest BCUT2D eigenvalue weighted by atomic mass is 28.4. The minimum absolute atomic E-state index is 0.0204. The molecule has 3 aliphatic heterocycles. The largest absolute Gasteiger partial charge is 0.456 e. The molecule has 12 atom stereocenters. The Morgan fingerprint density at radius 3 is 2.24 bits per heavy atom. The number of nitrogens with one attached hydrogen (secondary N) is 1. The standard InChI is InChI=1S/C49H73FN2O13Si/c1-12-66(13-2,14-3)65-47(11,34(26-50)51-44(56)59-29(4)5)43(55)60-33-25-49(57)41(63-42(54)32-19-16-15-17-20-32)39-46(10,22-21-35-48(39,28-58-35)64-31(7)53)40-38(37(30(33)6)45(49,8)9)61-36(62-40)27-52-23-18-24-52/h15-17,19-20,29,33-36,38-41,57H,12-14,18,21-28H2,1-11H3,(H,51,56)/t33-,34-,35+,36+,38+,39-,40+,41-,46+,47+,48-,49+/m0/s1. The van der Waals surface area contributed by atoms with Gasteiger partial charge in [-0.25, -0.2) is 18.8 Å². The van der Waals surface area contributed by atoms with E-state index in [-0.39, 0.29) is 18.6 Å². The fraction of sp³-hybridized carbons (Fsp3) is 0.755. The Bertz CT molecular complexity index is 2010. The van der Waals surface area contributed by atoms with Crippen molar-refractivity contribution >= 4 is 32.3 Å². The lowest BCUT2D eigenvalue weighted by atomic mass is 9.45. The molecule has 1 aromatic carbocycles. The van der Waals surface area contributed by atoms with E-state index in [9.17, 15) is 19.5 Å². The van der Waals surface area contributed by atoms with Crippen LogP contribution in [0.4, 0.5) is 9.18 Å². The summed E-state index contributed by atoms with van der Waals surface area (Å²) < 4.78 is 67.9. The van der Waals surface area contributed by atoms with Crippen LogP contribution in [0.25, 0.3) is 0 Å². The van der Waals surface area contributed by atoms with Gasteiger partial charge in [0.1, 0.15) is 36.7 Å². The highest BCUT2D eigenvalue weighted by Crippen LogP contribution is 2.67. The van der Waals surface area contributed by atoms with Crippen molar-refractivity contribution in [2.45, 2.75) is 186 Å². The van der Waals surface area contributed by atoms with Gasteiger partial charge in [0, 0.05) is 30.7 Å². The molecule has 0 spiro atoms. The summed E-state index contributed by atoms with van der Waals surface area (Å²) in [6.07, 6.45) is -5.17. The number of aliphatic hydroxyl groups is 1. The quantitative estimate of drug-likeness (QED) is 0.0766. The molecule has 0 radical (unpaired) electrons. The monoisotopic (exact) mass is 944 g/mol. The number of nitrogens with zero attached hydrogens (tertiary/aromatic N) is 1. The SMILES string of the molecule is CC[Si](CC)(CC)O[C@@](C)(C(=O)O[C@H]1C[C@@]2(O)[C@@H](OC(=O)c3ccccc3)[C@H]3[C@@](C)(CC[C@H]4OC[C@]43OC(C)=O)[C@@H]3O[C@H](CN4CCC4)O[C@@H]3C(=C1C)C2(C)C)[C@H](CF)NC(=O)OC(C)C. The minimum atomic E-state index is -2.76. The summed E-state index contributed by atoms with van der Waals surface area (Å²) in [4.78, 5) is 58.5. The molecule has 7 rings (SSSR count). The number of benzene rings is 1. The zero-order valence-corrected chi connectivity index (χ0v) is 41.7. The molecule has 2 saturated carbocycles. The van der Waals surface area contributed by atoms with Gasteiger partial charge in [0.05, 0.1) is 36.3 Å². The first-order chi connectivity index (χ1) is 31.1. The molecule has 0 aromatic heterocycles. The maximum Gasteiger partial charge on any atom is 0.407 e. The smallest absolute Gasteiger partial charge is 0.407 e. The Hall–Kier alpha value is -3.45. The van der Waals surface area contributed by atoms with Crippen molar-refractivity contribution in [3.8, 4) is 0 Å². The average molecular weight is 945 g/mol. The first-order valence-electron chi connectivity index (χ1n) is 24.1. The van der Waals surface area contributed by atoms with Crippen LogP contribution in [-0.4, -0.2) is 141 Å². The van der Waals surface area contributed by atoms with Gasteiger partial charge in [-0.3, -0.25) is 9.69 Å². The summed E-state index contributed by atoms with van der Waals surface area (Å²) in [7, 11) is -2.76. The molecule has 15 nitrogen and oxygen atoms in total. The van der Waals surface area contributed by atoms with Gasteiger partial charge in [-0.2, -0.15) is 0 Å². The maximum atomic E-state index is 15.5. The molecule has 3 aliphatic carbocycles. The van der Waals surface area contributed by atoms with Crippen LogP contribution >= 0.6 is 0 Å². The number of ether oxygens (including phenoxy) is 7. The van der Waals surface area contributed by atoms with Crippen molar-refractivity contribution in [3.63, 3.8) is 0 Å². The molecule has 368 valence electrons. The highest BCUT2D eigenvalue weighted by Gasteiger charge is 2.77. The lowest BCUT2D eigenvalue weighted by Crippen LogP contribution is -2.79. The van der Waals surface area contributed by atoms with Gasteiger partial charge in [0.25, 0.3) is 0 Å². The normalized spacial score (nSPS) is 35.0. The molecule has 6 aliphatic rings. The number of esters is 3. The minimum Gasteiger partial charge on any atom is -0.456 e. The summed E-state index contributed by atoms with van der Waals surface area (Å²) in [6, 6.07) is 8.75. The molecule has 3 heterocycles. The van der Waals surface area contributed by atoms with Crippen LogP contribution in [-0.2, 0) is 47.2 Å². The second-order valence-electron chi connectivity index (χ2n) is 20.8. The predicted octanol–water partition coefficient (Wildman–Crippen LogP) is 6.80. The first-order valence-corrected chi connectivity index (χ1v) is 26.6. The van der Waals surface area contributed by atoms with Crippen molar-refractivity contribution in [2.24, 2.45) is 16.7 Å². The predicted molar refractivity (Wildman–Crippen MR) is 242 cm³/mol. The summed E-state index contributed by atoms with van der Waals surface area (Å²) in [5, 5.41) is 16.7. The van der Waals surface area contributed by atoms with Crippen LogP contribution in [0.3, 0.4) is 0 Å². The summed E-state index contributed by atoms with van der Waals surface area (Å²) in [5.74, 6) is -3.16. The molecular weight excluding hydrogens is 872 g/mol. The summed E-state index contributed by atoms with van der Waals surface area (Å²) in [6.45, 7) is 20.7. The van der Waals surface area contributed by atoms with Crippen LogP contribution in [0.1, 0.15) is 112 Å². The fourth-order valence-electron chi connectivity index (χ4n) is 12.2. The fourth-order valence-corrected chi connectivity index (χ4v) is 15.2. The number of alkyl carbamates (subject to hydrolysis) is 1. The number of carbonyl (C=O) groups is 4. The van der Waals surface area contributed by atoms with Crippen molar-refractivity contribution in [1.82, 2.24) is 10.2 Å². The van der Waals surface area contributed by atoms with Crippen LogP contribution in [0, 0.1) is 16.7 Å². The molecule has 5 fully saturated rings. The van der Waals surface area contributed by atoms with Crippen molar-refractivity contribution < 1.29 is 66.3 Å². The molecule has 0 unspecified atom stereocenters. The van der Waals surface area contributed by atoms with Crippen molar-refractivity contribution in [2.75, 3.05) is 32.9 Å². The van der Waals surface area contributed by atoms with Gasteiger partial charge >= 0.3 is 24.0 Å². The van der Waals surface area contributed by atoms with Crippen LogP contribution in [0.2, 0.25) is 18.1 Å². The molecule has 2 bridgehead atoms. The highest BCUT2D eigenvalue weighted by molar-refractivity contribution is 6.73. The Labute approximate surface area is 390 Å². The van der Waals surface area contributed by atoms with Gasteiger partial charge in [0.15, 0.2) is 25.8 Å². The van der Waals surface area contributed by atoms with Crippen molar-refractivity contribution in [3.05, 3.63) is 47.0 Å². The van der Waals surface area contributed by atoms with Gasteiger partial charge in [-0.15, -0.1) is 0 Å². The van der Waals surface area contributed by atoms with Crippen LogP contribution in [0.15, 0.2) is 41.5 Å². The van der Waals surface area contributed by atoms with E-state index < -0.39 is 121 Å². The third kappa shape index (κ3) is 8.54. The molecule has 1 amide bonds. The molecule has 17 heteroatoms. The third-order valence-corrected chi connectivity index (χ3v) is 21.1. The number of hydrogen-bond acceptors (Lipinski definition) is 14. The Morgan fingerprint density at radius 1 is 1.03 bits per heavy atom. The Morgan fingerprint density at radius 2 is 1.70 bits per heavy atom. The average Bonchev–Trinajstić information content (AvgIpc) is 3.67. The lowest BCUT2D eigenvalue weighted by Gasteiger charge is -2.68. The van der Waals surface area contributed by atoms with E-state index in [1.54, 1.807) is 44.2 Å². The van der Waals surface area contributed by atoms with Crippen molar-refractivity contribution in [1.29, 1.82) is 0 Å². The first kappa shape index (κ1) is 50.4. The second kappa shape index (κ2) is 18.8. The number of alkyl halides is 1. The molecular formula is C49H73FN2O13Si. The number of likely N-dealkylation sites (tertiary alicyclic amines) is 1. The summed E-state index contributed by atoms with van der Waals surface area (Å²) in [5.41, 5.74) is -6.29. The third-order valence-electron chi connectivity index (χ3n) is 16.4. The van der Waals surface area contributed by atoms with E-state index >= 15 is 9.18 Å². The second-order valence-corrected chi connectivity index (χ2v) is 25.5. The van der Waals surface area contributed by atoms with Crippen LogP contribution in [0.5, 0.6) is 0 Å². The van der Waals surface area contributed by atoms with E-state index in [1.165, 1.54) is 13.8 Å². The molecule has 2 N–H and O–H groups in total. The van der Waals surface area contributed by atoms with E-state index in [0.29, 0.717) is 48.7 Å². The molecule has 3 saturated heterocycles. The number of amides is 1. The number of halogens is 1. The number of fused-ring (bicyclic) bond motifs is 8. The van der Waals surface area contributed by atoms with E-state index in [0.717, 1.165) is 19.5 Å². The molecule has 66 heavy (non-hydrogen) atoms. The Kier molecular flexibility index (Phi) is 14.4. The van der Waals surface area contributed by atoms with Gasteiger partial charge in [-0.1, -0.05) is 59.7 Å². The van der Waals surface area contributed by atoms with E-state index in [4.69, 9.17) is 37.6 Å². The van der Waals surface area contributed by atoms with Gasteiger partial charge < -0.3 is 48.0 Å². The van der Waals surface area contributed by atoms with Crippen LogP contribution < -0.4 is 5.32 Å². The maximum absolute atomic E-state index is 15.5.